The molecule has 2 amide bonds. The minimum absolute atomic E-state index is 0.0345. The second kappa shape index (κ2) is 12.3. The molecule has 2 aromatic rings. The monoisotopic (exact) mass is 452 g/mol. The molecule has 0 aliphatic carbocycles. The summed E-state index contributed by atoms with van der Waals surface area (Å²) >= 11 is 5.74. The molecule has 2 rings (SSSR count). The van der Waals surface area contributed by atoms with Gasteiger partial charge in [0.05, 0.1) is 0 Å². The number of unbranched alkanes of at least 4 members (excludes halogenated alkanes) is 3. The number of carbonyl (C=O) groups is 2. The number of guanidine groups is 1. The van der Waals surface area contributed by atoms with Crippen LogP contribution in [0.25, 0.3) is 0 Å². The largest absolute Gasteiger partial charge is 0.382 e. The van der Waals surface area contributed by atoms with Gasteiger partial charge in [-0.05, 0) is 12.8 Å². The van der Waals surface area contributed by atoms with E-state index in [4.69, 9.17) is 33.2 Å². The highest BCUT2D eigenvalue weighted by Gasteiger charge is 2.16. The van der Waals surface area contributed by atoms with Crippen LogP contribution in [-0.4, -0.2) is 57.5 Å². The van der Waals surface area contributed by atoms with Gasteiger partial charge in [-0.3, -0.25) is 25.6 Å². The lowest BCUT2D eigenvalue weighted by Gasteiger charge is -2.10. The fourth-order valence-corrected chi connectivity index (χ4v) is 2.52. The van der Waals surface area contributed by atoms with Crippen molar-refractivity contribution < 1.29 is 14.3 Å². The molecular formula is C17H25ClN10O3. The number of hydrogen-bond acceptors (Lipinski definition) is 9. The normalized spacial score (nSPS) is 10.5. The van der Waals surface area contributed by atoms with E-state index >= 15 is 0 Å². The Balaban J connectivity index is 1.50. The summed E-state index contributed by atoms with van der Waals surface area (Å²) in [5.41, 5.74) is 10.9. The van der Waals surface area contributed by atoms with Crippen molar-refractivity contribution in [3.05, 3.63) is 23.2 Å². The summed E-state index contributed by atoms with van der Waals surface area (Å²) in [4.78, 5) is 37.8. The Labute approximate surface area is 183 Å². The molecule has 0 saturated carbocycles. The van der Waals surface area contributed by atoms with Gasteiger partial charge in [-0.15, -0.1) is 0 Å². The molecule has 14 heteroatoms. The maximum absolute atomic E-state index is 12.1. The molecular weight excluding hydrogens is 428 g/mol. The summed E-state index contributed by atoms with van der Waals surface area (Å²) in [5, 5.41) is 15.3. The number of carbonyl (C=O) groups excluding carboxylic acids is 2. The zero-order chi connectivity index (χ0) is 22.6. The summed E-state index contributed by atoms with van der Waals surface area (Å²) in [6.07, 6.45) is 6.53. The summed E-state index contributed by atoms with van der Waals surface area (Å²) in [5.74, 6) is -1.03. The molecule has 0 radical (unpaired) electrons. The van der Waals surface area contributed by atoms with E-state index in [-0.39, 0.29) is 41.0 Å². The number of H-pyrrole nitrogens is 1. The third-order valence-corrected chi connectivity index (χ3v) is 4.14. The number of anilines is 3. The van der Waals surface area contributed by atoms with Crippen molar-refractivity contribution in [1.82, 2.24) is 30.6 Å². The Hall–Kier alpha value is -3.45. The lowest BCUT2D eigenvalue weighted by atomic mass is 10.2. The van der Waals surface area contributed by atoms with Crippen LogP contribution < -0.4 is 27.4 Å². The maximum atomic E-state index is 12.1. The SMILES string of the molecule is N=C(NCCCCCCOCC(=O)Nc1ncc[nH]1)NC(=O)c1nc(Cl)c(N)nc1N. The fraction of sp³-hybridized carbons (Fsp3) is 0.412. The molecule has 0 aliphatic heterocycles. The van der Waals surface area contributed by atoms with E-state index in [0.717, 1.165) is 25.7 Å². The second-order valence-corrected chi connectivity index (χ2v) is 6.70. The standard InChI is InChI=1S/C17H25ClN10O3/c18-12-14(20)27-13(19)11(26-12)15(30)28-16(21)22-5-3-1-2-4-8-31-9-10(29)25-17-23-6-7-24-17/h6-7H,1-5,8-9H2,(H4,19,20,27)(H3,21,22,28,30)(H2,23,24,25,29). The second-order valence-electron chi connectivity index (χ2n) is 6.34. The number of imidazole rings is 1. The number of nitrogens with zero attached hydrogens (tertiary/aromatic N) is 3. The quantitative estimate of drug-likeness (QED) is 0.143. The lowest BCUT2D eigenvalue weighted by molar-refractivity contribution is -0.120. The van der Waals surface area contributed by atoms with Gasteiger partial charge < -0.3 is 26.5 Å². The summed E-state index contributed by atoms with van der Waals surface area (Å²) in [7, 11) is 0. The zero-order valence-electron chi connectivity index (χ0n) is 16.7. The number of amides is 2. The first kappa shape index (κ1) is 23.8. The minimum Gasteiger partial charge on any atom is -0.382 e. The van der Waals surface area contributed by atoms with Gasteiger partial charge in [-0.2, -0.15) is 0 Å². The molecule has 0 aromatic carbocycles. The van der Waals surface area contributed by atoms with Gasteiger partial charge in [0.25, 0.3) is 11.8 Å². The first-order valence-corrected chi connectivity index (χ1v) is 9.84. The first-order chi connectivity index (χ1) is 14.9. The maximum Gasteiger partial charge on any atom is 0.280 e. The van der Waals surface area contributed by atoms with Crippen LogP contribution in [0.15, 0.2) is 12.4 Å². The van der Waals surface area contributed by atoms with Crippen LogP contribution in [0.2, 0.25) is 5.15 Å². The van der Waals surface area contributed by atoms with Crippen molar-refractivity contribution in [1.29, 1.82) is 5.41 Å². The molecule has 168 valence electrons. The number of halogens is 1. The van der Waals surface area contributed by atoms with Crippen molar-refractivity contribution in [2.45, 2.75) is 25.7 Å². The van der Waals surface area contributed by atoms with Crippen molar-refractivity contribution in [3.63, 3.8) is 0 Å². The van der Waals surface area contributed by atoms with Gasteiger partial charge in [0.2, 0.25) is 5.95 Å². The van der Waals surface area contributed by atoms with Crippen LogP contribution >= 0.6 is 11.6 Å². The van der Waals surface area contributed by atoms with E-state index in [9.17, 15) is 9.59 Å². The predicted molar refractivity (Wildman–Crippen MR) is 116 cm³/mol. The van der Waals surface area contributed by atoms with Crippen LogP contribution in [0, 0.1) is 5.41 Å². The van der Waals surface area contributed by atoms with Crippen LogP contribution in [0.1, 0.15) is 36.2 Å². The smallest absolute Gasteiger partial charge is 0.280 e. The molecule has 13 nitrogen and oxygen atoms in total. The number of hydrogen-bond donors (Lipinski definition) is 7. The molecule has 0 atom stereocenters. The molecule has 2 aromatic heterocycles. The average molecular weight is 453 g/mol. The molecule has 9 N–H and O–H groups in total. The van der Waals surface area contributed by atoms with E-state index in [2.05, 4.69) is 35.9 Å². The van der Waals surface area contributed by atoms with Gasteiger partial charge >= 0.3 is 0 Å². The zero-order valence-corrected chi connectivity index (χ0v) is 17.5. The van der Waals surface area contributed by atoms with Crippen molar-refractivity contribution in [3.8, 4) is 0 Å². The summed E-state index contributed by atoms with van der Waals surface area (Å²) in [6.45, 7) is 0.930. The first-order valence-electron chi connectivity index (χ1n) is 9.46. The fourth-order valence-electron chi connectivity index (χ4n) is 2.39. The third kappa shape index (κ3) is 8.44. The number of nitrogen functional groups attached to an aromatic ring is 2. The third-order valence-electron chi connectivity index (χ3n) is 3.86. The molecule has 2 heterocycles. The van der Waals surface area contributed by atoms with Gasteiger partial charge in [0.1, 0.15) is 6.61 Å². The van der Waals surface area contributed by atoms with E-state index in [1.807, 2.05) is 0 Å². The molecule has 0 unspecified atom stereocenters. The molecule has 0 aliphatic rings. The molecule has 0 bridgehead atoms. The minimum atomic E-state index is -0.711. The van der Waals surface area contributed by atoms with Crippen LogP contribution in [0.5, 0.6) is 0 Å². The van der Waals surface area contributed by atoms with Crippen molar-refractivity contribution in [2.75, 3.05) is 36.5 Å². The topological polar surface area (TPSA) is 210 Å². The number of ether oxygens (including phenoxy) is 1. The lowest BCUT2D eigenvalue weighted by Crippen LogP contribution is -2.41. The number of aromatic amines is 1. The highest BCUT2D eigenvalue weighted by molar-refractivity contribution is 6.31. The number of rotatable bonds is 11. The van der Waals surface area contributed by atoms with E-state index < -0.39 is 5.91 Å². The average Bonchev–Trinajstić information content (AvgIpc) is 3.22. The molecule has 0 saturated heterocycles. The number of nitrogens with one attached hydrogen (secondary N) is 5. The molecule has 0 spiro atoms. The van der Waals surface area contributed by atoms with Gasteiger partial charge in [0, 0.05) is 25.5 Å². The van der Waals surface area contributed by atoms with Crippen molar-refractivity contribution in [2.24, 2.45) is 0 Å². The predicted octanol–water partition coefficient (Wildman–Crippen LogP) is 0.487. The van der Waals surface area contributed by atoms with Crippen LogP contribution in [0.4, 0.5) is 17.6 Å². The Kier molecular flexibility index (Phi) is 9.45. The van der Waals surface area contributed by atoms with E-state index in [1.54, 1.807) is 12.4 Å². The summed E-state index contributed by atoms with van der Waals surface area (Å²) < 4.78 is 5.31. The van der Waals surface area contributed by atoms with Gasteiger partial charge in [-0.1, -0.05) is 24.4 Å². The van der Waals surface area contributed by atoms with E-state index in [1.165, 1.54) is 0 Å². The highest BCUT2D eigenvalue weighted by atomic mass is 35.5. The number of aromatic nitrogens is 4. The van der Waals surface area contributed by atoms with E-state index in [0.29, 0.717) is 19.1 Å². The van der Waals surface area contributed by atoms with Gasteiger partial charge in [-0.25, -0.2) is 15.0 Å². The molecule has 31 heavy (non-hydrogen) atoms. The summed E-state index contributed by atoms with van der Waals surface area (Å²) in [6, 6.07) is 0. The Bertz CT molecular complexity index is 891. The number of nitrogens with two attached hydrogens (primary N) is 2. The highest BCUT2D eigenvalue weighted by Crippen LogP contribution is 2.17. The Morgan fingerprint density at radius 3 is 2.68 bits per heavy atom. The Morgan fingerprint density at radius 2 is 1.94 bits per heavy atom. The Morgan fingerprint density at radius 1 is 1.16 bits per heavy atom. The van der Waals surface area contributed by atoms with Crippen LogP contribution in [-0.2, 0) is 9.53 Å². The van der Waals surface area contributed by atoms with Crippen molar-refractivity contribution >= 4 is 47.0 Å². The molecule has 0 fully saturated rings. The van der Waals surface area contributed by atoms with Gasteiger partial charge in [0.15, 0.2) is 28.4 Å². The van der Waals surface area contributed by atoms with Crippen LogP contribution in [0.3, 0.4) is 0 Å².